The molecule has 1 atom stereocenters. The lowest BCUT2D eigenvalue weighted by Gasteiger charge is -2.14. The molecule has 1 heterocycles. The van der Waals surface area contributed by atoms with E-state index in [1.165, 1.54) is 5.56 Å². The van der Waals surface area contributed by atoms with Crippen LogP contribution >= 0.6 is 0 Å². The number of hydrogen-bond donors (Lipinski definition) is 1. The van der Waals surface area contributed by atoms with Gasteiger partial charge in [0.1, 0.15) is 17.6 Å². The third-order valence-corrected chi connectivity index (χ3v) is 4.32. The van der Waals surface area contributed by atoms with E-state index in [9.17, 15) is 4.79 Å². The molecule has 0 radical (unpaired) electrons. The van der Waals surface area contributed by atoms with Crippen LogP contribution in [0.25, 0.3) is 0 Å². The van der Waals surface area contributed by atoms with E-state index in [1.54, 1.807) is 0 Å². The van der Waals surface area contributed by atoms with E-state index in [0.717, 1.165) is 23.3 Å². The van der Waals surface area contributed by atoms with Crippen molar-refractivity contribution in [1.82, 2.24) is 0 Å². The van der Waals surface area contributed by atoms with Crippen LogP contribution in [0.2, 0.25) is 0 Å². The van der Waals surface area contributed by atoms with Gasteiger partial charge in [-0.1, -0.05) is 6.07 Å². The maximum Gasteiger partial charge on any atom is 0.255 e. The Morgan fingerprint density at radius 2 is 2.04 bits per heavy atom. The number of benzene rings is 2. The van der Waals surface area contributed by atoms with Crippen molar-refractivity contribution in [2.45, 2.75) is 40.2 Å². The first-order valence-corrected chi connectivity index (χ1v) is 8.33. The van der Waals surface area contributed by atoms with E-state index in [4.69, 9.17) is 9.47 Å². The normalized spacial score (nSPS) is 15.6. The second kappa shape index (κ2) is 6.56. The lowest BCUT2D eigenvalue weighted by Crippen LogP contribution is -2.13. The van der Waals surface area contributed by atoms with Crippen molar-refractivity contribution < 1.29 is 14.3 Å². The van der Waals surface area contributed by atoms with Crippen molar-refractivity contribution in [2.75, 3.05) is 11.9 Å². The van der Waals surface area contributed by atoms with Gasteiger partial charge in [0.05, 0.1) is 12.3 Å². The lowest BCUT2D eigenvalue weighted by molar-refractivity contribution is 0.102. The molecule has 0 saturated carbocycles. The van der Waals surface area contributed by atoms with Gasteiger partial charge in [0, 0.05) is 23.6 Å². The Balaban J connectivity index is 1.89. The highest BCUT2D eigenvalue weighted by atomic mass is 16.5. The summed E-state index contributed by atoms with van der Waals surface area (Å²) in [6, 6.07) is 9.53. The minimum absolute atomic E-state index is 0.148. The first kappa shape index (κ1) is 16.4. The Labute approximate surface area is 142 Å². The maximum atomic E-state index is 12.6. The summed E-state index contributed by atoms with van der Waals surface area (Å²) in [6.07, 6.45) is 1.01. The van der Waals surface area contributed by atoms with Crippen molar-refractivity contribution in [3.8, 4) is 11.5 Å². The molecule has 0 fully saturated rings. The number of carbonyl (C=O) groups is 1. The van der Waals surface area contributed by atoms with E-state index in [-0.39, 0.29) is 12.0 Å². The largest absolute Gasteiger partial charge is 0.492 e. The van der Waals surface area contributed by atoms with Gasteiger partial charge >= 0.3 is 0 Å². The number of anilines is 1. The zero-order valence-electron chi connectivity index (χ0n) is 14.6. The van der Waals surface area contributed by atoms with Crippen molar-refractivity contribution in [3.63, 3.8) is 0 Å². The fraction of sp³-hybridized carbons (Fsp3) is 0.350. The van der Waals surface area contributed by atoms with Crippen molar-refractivity contribution >= 4 is 11.6 Å². The van der Waals surface area contributed by atoms with Crippen LogP contribution in [0.5, 0.6) is 11.5 Å². The quantitative estimate of drug-likeness (QED) is 0.913. The number of rotatable bonds is 4. The number of aryl methyl sites for hydroxylation is 2. The van der Waals surface area contributed by atoms with Gasteiger partial charge in [-0.3, -0.25) is 4.79 Å². The van der Waals surface area contributed by atoms with Crippen LogP contribution in [0, 0.1) is 13.8 Å². The molecule has 0 unspecified atom stereocenters. The molecule has 4 heteroatoms. The molecule has 1 aliphatic rings. The van der Waals surface area contributed by atoms with Gasteiger partial charge in [-0.25, -0.2) is 0 Å². The monoisotopic (exact) mass is 325 g/mol. The van der Waals surface area contributed by atoms with Crippen molar-refractivity contribution in [2.24, 2.45) is 0 Å². The second-order valence-corrected chi connectivity index (χ2v) is 6.27. The Morgan fingerprint density at radius 1 is 1.25 bits per heavy atom. The Morgan fingerprint density at radius 3 is 2.75 bits per heavy atom. The van der Waals surface area contributed by atoms with E-state index in [1.807, 2.05) is 58.0 Å². The van der Waals surface area contributed by atoms with Crippen LogP contribution in [0.3, 0.4) is 0 Å². The Kier molecular flexibility index (Phi) is 4.47. The van der Waals surface area contributed by atoms with Gasteiger partial charge in [-0.2, -0.15) is 0 Å². The minimum Gasteiger partial charge on any atom is -0.492 e. The second-order valence-electron chi connectivity index (χ2n) is 6.27. The summed E-state index contributed by atoms with van der Waals surface area (Å²) in [5.74, 6) is 1.36. The maximum absolute atomic E-state index is 12.6. The number of nitrogens with one attached hydrogen (secondary N) is 1. The molecular weight excluding hydrogens is 302 g/mol. The smallest absolute Gasteiger partial charge is 0.255 e. The molecule has 1 amide bonds. The van der Waals surface area contributed by atoms with E-state index in [2.05, 4.69) is 5.32 Å². The van der Waals surface area contributed by atoms with Crippen LogP contribution in [-0.4, -0.2) is 18.6 Å². The average Bonchev–Trinajstić information content (AvgIpc) is 2.89. The third kappa shape index (κ3) is 3.23. The molecule has 4 nitrogen and oxygen atoms in total. The van der Waals surface area contributed by atoms with Gasteiger partial charge in [0.15, 0.2) is 0 Å². The summed E-state index contributed by atoms with van der Waals surface area (Å²) >= 11 is 0. The van der Waals surface area contributed by atoms with Gasteiger partial charge < -0.3 is 14.8 Å². The molecule has 0 aliphatic carbocycles. The Bertz CT molecular complexity index is 783. The fourth-order valence-corrected chi connectivity index (χ4v) is 2.89. The standard InChI is InChI=1S/C20H23NO3/c1-5-23-19-10-16-9-14(4)24-18(16)11-17(19)21-20(22)15-7-6-12(2)13(3)8-15/h6-8,10-11,14H,5,9H2,1-4H3,(H,21,22)/t14-/m1/s1. The minimum atomic E-state index is -0.148. The van der Waals surface area contributed by atoms with Crippen LogP contribution in [0.4, 0.5) is 5.69 Å². The number of carbonyl (C=O) groups excluding carboxylic acids is 1. The summed E-state index contributed by atoms with van der Waals surface area (Å²) < 4.78 is 11.5. The number of fused-ring (bicyclic) bond motifs is 1. The summed E-state index contributed by atoms with van der Waals surface area (Å²) in [6.45, 7) is 8.54. The predicted molar refractivity (Wildman–Crippen MR) is 95.3 cm³/mol. The van der Waals surface area contributed by atoms with Crippen molar-refractivity contribution in [1.29, 1.82) is 0 Å². The third-order valence-electron chi connectivity index (χ3n) is 4.32. The molecule has 3 rings (SSSR count). The average molecular weight is 325 g/mol. The molecule has 0 saturated heterocycles. The summed E-state index contributed by atoms with van der Waals surface area (Å²) in [4.78, 5) is 12.6. The van der Waals surface area contributed by atoms with Crippen LogP contribution < -0.4 is 14.8 Å². The van der Waals surface area contributed by atoms with E-state index in [0.29, 0.717) is 23.6 Å². The predicted octanol–water partition coefficient (Wildman–Crippen LogP) is 4.28. The number of hydrogen-bond acceptors (Lipinski definition) is 3. The molecule has 1 aliphatic heterocycles. The number of ether oxygens (including phenoxy) is 2. The highest BCUT2D eigenvalue weighted by Gasteiger charge is 2.22. The highest BCUT2D eigenvalue weighted by molar-refractivity contribution is 6.05. The van der Waals surface area contributed by atoms with Gasteiger partial charge in [-0.15, -0.1) is 0 Å². The van der Waals surface area contributed by atoms with Gasteiger partial charge in [0.2, 0.25) is 0 Å². The topological polar surface area (TPSA) is 47.6 Å². The molecule has 126 valence electrons. The zero-order valence-corrected chi connectivity index (χ0v) is 14.6. The van der Waals surface area contributed by atoms with Crippen molar-refractivity contribution in [3.05, 3.63) is 52.6 Å². The lowest BCUT2D eigenvalue weighted by atomic mass is 10.1. The van der Waals surface area contributed by atoms with Crippen LogP contribution in [-0.2, 0) is 6.42 Å². The molecule has 1 N–H and O–H groups in total. The molecule has 0 aromatic heterocycles. The van der Waals surface area contributed by atoms with Crippen LogP contribution in [0.1, 0.15) is 40.9 Å². The van der Waals surface area contributed by atoms with Crippen LogP contribution in [0.15, 0.2) is 30.3 Å². The zero-order chi connectivity index (χ0) is 17.3. The van der Waals surface area contributed by atoms with Gasteiger partial charge in [0.25, 0.3) is 5.91 Å². The SMILES string of the molecule is CCOc1cc2c(cc1NC(=O)c1ccc(C)c(C)c1)O[C@H](C)C2. The molecule has 0 spiro atoms. The van der Waals surface area contributed by atoms with E-state index >= 15 is 0 Å². The fourth-order valence-electron chi connectivity index (χ4n) is 2.89. The molecule has 24 heavy (non-hydrogen) atoms. The summed E-state index contributed by atoms with van der Waals surface area (Å²) in [5.41, 5.74) is 4.67. The number of amides is 1. The Hall–Kier alpha value is -2.49. The first-order valence-electron chi connectivity index (χ1n) is 8.33. The van der Waals surface area contributed by atoms with E-state index < -0.39 is 0 Å². The summed E-state index contributed by atoms with van der Waals surface area (Å²) in [5, 5.41) is 2.96. The molecular formula is C20H23NO3. The molecule has 0 bridgehead atoms. The van der Waals surface area contributed by atoms with Gasteiger partial charge in [-0.05, 0) is 57.0 Å². The molecule has 2 aromatic carbocycles. The summed E-state index contributed by atoms with van der Waals surface area (Å²) in [7, 11) is 0. The first-order chi connectivity index (χ1) is 11.5. The highest BCUT2D eigenvalue weighted by Crippen LogP contribution is 2.38. The molecule has 2 aromatic rings.